The van der Waals surface area contributed by atoms with Gasteiger partial charge in [0.25, 0.3) is 11.6 Å². The molecule has 0 aliphatic rings. The average molecular weight is 372 g/mol. The molecule has 0 unspecified atom stereocenters. The fourth-order valence-corrected chi connectivity index (χ4v) is 3.74. The van der Waals surface area contributed by atoms with Gasteiger partial charge in [-0.3, -0.25) is 14.9 Å². The van der Waals surface area contributed by atoms with Crippen LogP contribution in [0.1, 0.15) is 20.9 Å². The van der Waals surface area contributed by atoms with Crippen LogP contribution < -0.4 is 11.1 Å². The van der Waals surface area contributed by atoms with Gasteiger partial charge >= 0.3 is 0 Å². The molecule has 134 valence electrons. The Labute approximate surface area is 152 Å². The van der Waals surface area contributed by atoms with Crippen LogP contribution in [0.4, 0.5) is 17.1 Å². The van der Waals surface area contributed by atoms with Gasteiger partial charge in [-0.05, 0) is 24.6 Å². The van der Waals surface area contributed by atoms with Crippen LogP contribution in [0.3, 0.4) is 0 Å². The number of methoxy groups -OCH3 is 1. The number of aromatic nitrogens is 1. The lowest BCUT2D eigenvalue weighted by Gasteiger charge is -2.06. The molecule has 0 aliphatic carbocycles. The van der Waals surface area contributed by atoms with Crippen molar-refractivity contribution < 1.29 is 14.5 Å². The van der Waals surface area contributed by atoms with E-state index >= 15 is 0 Å². The number of benzene rings is 1. The molecular weight excluding hydrogens is 356 g/mol. The van der Waals surface area contributed by atoms with E-state index in [9.17, 15) is 14.9 Å². The van der Waals surface area contributed by atoms with Crippen molar-refractivity contribution in [3.63, 3.8) is 0 Å². The van der Waals surface area contributed by atoms with E-state index in [4.69, 9.17) is 10.5 Å². The highest BCUT2D eigenvalue weighted by Gasteiger charge is 2.20. The summed E-state index contributed by atoms with van der Waals surface area (Å²) in [5, 5.41) is 14.2. The van der Waals surface area contributed by atoms with Gasteiger partial charge in [-0.1, -0.05) is 6.07 Å². The first kappa shape index (κ1) is 17.8. The maximum absolute atomic E-state index is 12.6. The number of thiophene rings is 1. The molecule has 9 heteroatoms. The van der Waals surface area contributed by atoms with Crippen LogP contribution in [0.15, 0.2) is 30.3 Å². The molecule has 0 saturated heterocycles. The largest absolute Gasteiger partial charge is 0.397 e. The molecule has 2 aromatic heterocycles. The number of fused-ring (bicyclic) bond motifs is 1. The number of nitrogens with zero attached hydrogens (tertiary/aromatic N) is 2. The highest BCUT2D eigenvalue weighted by Crippen LogP contribution is 2.36. The Morgan fingerprint density at radius 1 is 1.42 bits per heavy atom. The Kier molecular flexibility index (Phi) is 4.83. The molecular formula is C17H16N4O4S. The number of rotatable bonds is 5. The van der Waals surface area contributed by atoms with Crippen molar-refractivity contribution in [2.75, 3.05) is 18.2 Å². The van der Waals surface area contributed by atoms with E-state index < -0.39 is 10.8 Å². The normalized spacial score (nSPS) is 10.8. The molecule has 0 aliphatic heterocycles. The number of hydrogen-bond acceptors (Lipinski definition) is 7. The van der Waals surface area contributed by atoms with Gasteiger partial charge in [0.2, 0.25) is 0 Å². The number of anilines is 2. The topological polar surface area (TPSA) is 120 Å². The molecule has 0 bridgehead atoms. The Morgan fingerprint density at radius 2 is 2.19 bits per heavy atom. The predicted molar refractivity (Wildman–Crippen MR) is 101 cm³/mol. The number of nitro groups is 1. The Balaban J connectivity index is 1.98. The van der Waals surface area contributed by atoms with E-state index in [1.54, 1.807) is 13.2 Å². The lowest BCUT2D eigenvalue weighted by Crippen LogP contribution is -2.12. The summed E-state index contributed by atoms with van der Waals surface area (Å²) in [6.45, 7) is 2.21. The number of nitro benzene ring substituents is 1. The quantitative estimate of drug-likeness (QED) is 0.522. The smallest absolute Gasteiger partial charge is 0.271 e. The van der Waals surface area contributed by atoms with Crippen molar-refractivity contribution in [3.05, 3.63) is 56.6 Å². The van der Waals surface area contributed by atoms with Crippen molar-refractivity contribution in [3.8, 4) is 0 Å². The second-order valence-electron chi connectivity index (χ2n) is 5.64. The third-order valence-corrected chi connectivity index (χ3v) is 4.83. The van der Waals surface area contributed by atoms with Gasteiger partial charge in [0.15, 0.2) is 0 Å². The maximum atomic E-state index is 12.6. The zero-order valence-corrected chi connectivity index (χ0v) is 14.9. The zero-order valence-electron chi connectivity index (χ0n) is 14.1. The highest BCUT2D eigenvalue weighted by atomic mass is 32.1. The lowest BCUT2D eigenvalue weighted by molar-refractivity contribution is -0.384. The maximum Gasteiger partial charge on any atom is 0.271 e. The minimum Gasteiger partial charge on any atom is -0.397 e. The van der Waals surface area contributed by atoms with Crippen molar-refractivity contribution in [2.45, 2.75) is 13.5 Å². The van der Waals surface area contributed by atoms with Crippen molar-refractivity contribution in [1.82, 2.24) is 4.98 Å². The molecule has 0 radical (unpaired) electrons. The molecule has 0 spiro atoms. The van der Waals surface area contributed by atoms with Crippen LogP contribution in [0.25, 0.3) is 10.2 Å². The third kappa shape index (κ3) is 3.35. The Hall–Kier alpha value is -3.04. The number of nitrogen functional groups attached to an aromatic ring is 1. The van der Waals surface area contributed by atoms with Gasteiger partial charge in [-0.25, -0.2) is 4.98 Å². The molecule has 8 nitrogen and oxygen atoms in total. The van der Waals surface area contributed by atoms with Crippen molar-refractivity contribution in [2.24, 2.45) is 0 Å². The minimum atomic E-state index is -0.521. The Bertz CT molecular complexity index is 1020. The van der Waals surface area contributed by atoms with Crippen LogP contribution in [0.2, 0.25) is 0 Å². The molecule has 1 amide bonds. The lowest BCUT2D eigenvalue weighted by atomic mass is 10.1. The second-order valence-corrected chi connectivity index (χ2v) is 6.64. The molecule has 3 aromatic rings. The highest BCUT2D eigenvalue weighted by molar-refractivity contribution is 7.21. The van der Waals surface area contributed by atoms with Gasteiger partial charge in [0, 0.05) is 36.0 Å². The number of ether oxygens (including phenoxy) is 1. The predicted octanol–water partition coefficient (Wildman–Crippen LogP) is 3.49. The van der Waals surface area contributed by atoms with Crippen LogP contribution in [0, 0.1) is 17.0 Å². The van der Waals surface area contributed by atoms with Crippen LogP contribution in [-0.4, -0.2) is 22.9 Å². The summed E-state index contributed by atoms with van der Waals surface area (Å²) in [6, 6.07) is 7.60. The van der Waals surface area contributed by atoms with Gasteiger partial charge < -0.3 is 15.8 Å². The van der Waals surface area contributed by atoms with Crippen LogP contribution in [0.5, 0.6) is 0 Å². The van der Waals surface area contributed by atoms with Crippen molar-refractivity contribution in [1.29, 1.82) is 0 Å². The molecule has 0 fully saturated rings. The molecule has 0 atom stereocenters. The molecule has 3 N–H and O–H groups in total. The number of pyridine rings is 1. The SMILES string of the molecule is COCc1cc(C)nc2sc(C(=O)Nc3cccc([N+](=O)[O-])c3)c(N)c12. The van der Waals surface area contributed by atoms with Gasteiger partial charge in [0.05, 0.1) is 17.2 Å². The number of amides is 1. The van der Waals surface area contributed by atoms with Gasteiger partial charge in [0.1, 0.15) is 9.71 Å². The second kappa shape index (κ2) is 7.06. The Morgan fingerprint density at radius 3 is 2.88 bits per heavy atom. The minimum absolute atomic E-state index is 0.105. The number of non-ortho nitro benzene ring substituents is 1. The number of carbonyl (C=O) groups is 1. The number of nitrogens with two attached hydrogens (primary N) is 1. The zero-order chi connectivity index (χ0) is 18.8. The van der Waals surface area contributed by atoms with Crippen molar-refractivity contribution >= 4 is 44.5 Å². The fraction of sp³-hybridized carbons (Fsp3) is 0.176. The fourth-order valence-electron chi connectivity index (χ4n) is 2.66. The summed E-state index contributed by atoms with van der Waals surface area (Å²) >= 11 is 1.18. The summed E-state index contributed by atoms with van der Waals surface area (Å²) in [5.41, 5.74) is 8.40. The summed E-state index contributed by atoms with van der Waals surface area (Å²) in [5.74, 6) is -0.438. The van der Waals surface area contributed by atoms with Crippen LogP contribution in [-0.2, 0) is 11.3 Å². The monoisotopic (exact) mass is 372 g/mol. The summed E-state index contributed by atoms with van der Waals surface area (Å²) in [6.07, 6.45) is 0. The summed E-state index contributed by atoms with van der Waals surface area (Å²) in [7, 11) is 1.58. The molecule has 1 aromatic carbocycles. The molecule has 0 saturated carbocycles. The van der Waals surface area contributed by atoms with Gasteiger partial charge in [-0.2, -0.15) is 0 Å². The number of carbonyl (C=O) groups excluding carboxylic acids is 1. The van der Waals surface area contributed by atoms with E-state index in [1.165, 1.54) is 29.5 Å². The molecule has 2 heterocycles. The number of aryl methyl sites for hydroxylation is 1. The summed E-state index contributed by atoms with van der Waals surface area (Å²) in [4.78, 5) is 28.4. The first-order valence-corrected chi connectivity index (χ1v) is 8.45. The molecule has 3 rings (SSSR count). The van der Waals surface area contributed by atoms with Gasteiger partial charge in [-0.15, -0.1) is 11.3 Å². The first-order chi connectivity index (χ1) is 12.4. The van der Waals surface area contributed by atoms with E-state index in [0.717, 1.165) is 11.3 Å². The average Bonchev–Trinajstić information content (AvgIpc) is 2.92. The third-order valence-electron chi connectivity index (χ3n) is 3.73. The standard InChI is InChI=1S/C17H16N4O4S/c1-9-6-10(8-25-2)13-14(18)15(26-17(13)19-9)16(22)20-11-4-3-5-12(7-11)21(23)24/h3-7H,8,18H2,1-2H3,(H,20,22). The van der Waals surface area contributed by atoms with E-state index in [-0.39, 0.29) is 5.69 Å². The summed E-state index contributed by atoms with van der Waals surface area (Å²) < 4.78 is 5.20. The molecule has 26 heavy (non-hydrogen) atoms. The first-order valence-electron chi connectivity index (χ1n) is 7.64. The van der Waals surface area contributed by atoms with Crippen LogP contribution >= 0.6 is 11.3 Å². The van der Waals surface area contributed by atoms with E-state index in [0.29, 0.717) is 33.1 Å². The number of nitrogens with one attached hydrogen (secondary N) is 1. The van der Waals surface area contributed by atoms with E-state index in [2.05, 4.69) is 10.3 Å². The number of hydrogen-bond donors (Lipinski definition) is 2. The van der Waals surface area contributed by atoms with E-state index in [1.807, 2.05) is 13.0 Å².